The second-order valence-corrected chi connectivity index (χ2v) is 6.63. The van der Waals surface area contributed by atoms with Crippen LogP contribution < -0.4 is 4.74 Å². The maximum absolute atomic E-state index is 14.4. The number of fused-ring (bicyclic) bond motifs is 1. The number of aromatic nitrogens is 2. The zero-order chi connectivity index (χ0) is 19.0. The number of rotatable bonds is 4. The minimum absolute atomic E-state index is 0.0882. The molecule has 140 valence electrons. The number of nitrogens with one attached hydrogen (secondary N) is 1. The van der Waals surface area contributed by atoms with E-state index < -0.39 is 11.6 Å². The summed E-state index contributed by atoms with van der Waals surface area (Å²) in [6, 6.07) is 9.53. The molecule has 2 heterocycles. The lowest BCUT2D eigenvalue weighted by Crippen LogP contribution is -2.34. The van der Waals surface area contributed by atoms with E-state index in [1.165, 1.54) is 13.2 Å². The van der Waals surface area contributed by atoms with Crippen molar-refractivity contribution < 1.29 is 18.6 Å². The zero-order valence-electron chi connectivity index (χ0n) is 14.7. The van der Waals surface area contributed by atoms with E-state index in [9.17, 15) is 13.9 Å². The quantitative estimate of drug-likeness (QED) is 0.736. The molecule has 1 aliphatic rings. The van der Waals surface area contributed by atoms with Gasteiger partial charge in [-0.2, -0.15) is 0 Å². The van der Waals surface area contributed by atoms with Gasteiger partial charge in [0.05, 0.1) is 24.8 Å². The molecule has 1 aromatic heterocycles. The van der Waals surface area contributed by atoms with Crippen LogP contribution in [0.3, 0.4) is 0 Å². The van der Waals surface area contributed by atoms with Crippen molar-refractivity contribution in [3.63, 3.8) is 0 Å². The van der Waals surface area contributed by atoms with Crippen LogP contribution in [0.5, 0.6) is 11.5 Å². The second-order valence-electron chi connectivity index (χ2n) is 6.63. The molecule has 0 spiro atoms. The number of nitrogens with zero attached hydrogens (tertiary/aromatic N) is 2. The van der Waals surface area contributed by atoms with Crippen molar-refractivity contribution in [2.75, 3.05) is 13.7 Å². The first-order chi connectivity index (χ1) is 13.1. The van der Waals surface area contributed by atoms with E-state index in [2.05, 4.69) is 9.97 Å². The third-order valence-electron chi connectivity index (χ3n) is 4.93. The predicted molar refractivity (Wildman–Crippen MR) is 95.6 cm³/mol. The number of phenols is 1. The number of imidazole rings is 1. The molecule has 1 atom stereocenters. The van der Waals surface area contributed by atoms with Gasteiger partial charge in [0.25, 0.3) is 0 Å². The molecule has 0 aliphatic carbocycles. The lowest BCUT2D eigenvalue weighted by atomic mass is 9.90. The van der Waals surface area contributed by atoms with Gasteiger partial charge in [0.2, 0.25) is 0 Å². The molecule has 0 saturated carbocycles. The van der Waals surface area contributed by atoms with Gasteiger partial charge in [0.15, 0.2) is 11.6 Å². The summed E-state index contributed by atoms with van der Waals surface area (Å²) in [5, 5.41) is 9.83. The zero-order valence-corrected chi connectivity index (χ0v) is 14.7. The van der Waals surface area contributed by atoms with Gasteiger partial charge in [-0.25, -0.2) is 13.8 Å². The van der Waals surface area contributed by atoms with Gasteiger partial charge >= 0.3 is 0 Å². The second kappa shape index (κ2) is 7.00. The Bertz CT molecular complexity index is 974. The van der Waals surface area contributed by atoms with Gasteiger partial charge in [-0.1, -0.05) is 12.1 Å². The molecule has 1 aliphatic heterocycles. The third kappa shape index (κ3) is 3.26. The van der Waals surface area contributed by atoms with Crippen molar-refractivity contribution in [2.45, 2.75) is 19.0 Å². The van der Waals surface area contributed by atoms with Crippen LogP contribution in [-0.2, 0) is 13.1 Å². The van der Waals surface area contributed by atoms with Crippen LogP contribution in [-0.4, -0.2) is 33.6 Å². The number of phenolic OH excluding ortho intramolecular Hbond substituents is 1. The number of methoxy groups -OCH3 is 1. The number of hydrogen-bond donors (Lipinski definition) is 2. The molecule has 0 amide bonds. The maximum atomic E-state index is 14.4. The molecule has 27 heavy (non-hydrogen) atoms. The fourth-order valence-corrected chi connectivity index (χ4v) is 3.65. The van der Waals surface area contributed by atoms with E-state index in [1.807, 2.05) is 11.0 Å². The number of hydrogen-bond acceptors (Lipinski definition) is 4. The number of aromatic amines is 1. The summed E-state index contributed by atoms with van der Waals surface area (Å²) in [4.78, 5) is 9.57. The molecule has 7 heteroatoms. The summed E-state index contributed by atoms with van der Waals surface area (Å²) in [6.07, 6.45) is 1.63. The smallest absolute Gasteiger partial charge is 0.167 e. The lowest BCUT2D eigenvalue weighted by molar-refractivity contribution is 0.220. The number of H-pyrrole nitrogens is 1. The average molecular weight is 371 g/mol. The highest BCUT2D eigenvalue weighted by Gasteiger charge is 2.30. The normalized spacial score (nSPS) is 16.9. The highest BCUT2D eigenvalue weighted by Crippen LogP contribution is 2.34. The Balaban J connectivity index is 1.68. The molecule has 2 N–H and O–H groups in total. The van der Waals surface area contributed by atoms with E-state index in [0.717, 1.165) is 23.0 Å². The number of benzene rings is 2. The molecule has 0 saturated heterocycles. The van der Waals surface area contributed by atoms with Gasteiger partial charge in [0.1, 0.15) is 11.5 Å². The van der Waals surface area contributed by atoms with Crippen molar-refractivity contribution in [1.29, 1.82) is 0 Å². The van der Waals surface area contributed by atoms with E-state index in [1.54, 1.807) is 24.5 Å². The van der Waals surface area contributed by atoms with Gasteiger partial charge in [-0.15, -0.1) is 0 Å². The Morgan fingerprint density at radius 3 is 2.93 bits per heavy atom. The monoisotopic (exact) mass is 371 g/mol. The highest BCUT2D eigenvalue weighted by molar-refractivity contribution is 5.39. The molecular weight excluding hydrogens is 352 g/mol. The summed E-state index contributed by atoms with van der Waals surface area (Å²) in [7, 11) is 1.44. The van der Waals surface area contributed by atoms with Crippen molar-refractivity contribution in [3.05, 3.63) is 76.9 Å². The van der Waals surface area contributed by atoms with Crippen LogP contribution in [0.25, 0.3) is 0 Å². The van der Waals surface area contributed by atoms with Crippen molar-refractivity contribution in [2.24, 2.45) is 0 Å². The maximum Gasteiger partial charge on any atom is 0.167 e. The van der Waals surface area contributed by atoms with Gasteiger partial charge in [-0.05, 0) is 29.8 Å². The summed E-state index contributed by atoms with van der Waals surface area (Å²) < 4.78 is 33.3. The Morgan fingerprint density at radius 1 is 1.30 bits per heavy atom. The van der Waals surface area contributed by atoms with E-state index >= 15 is 0 Å². The molecule has 0 fully saturated rings. The Kier molecular flexibility index (Phi) is 4.53. The highest BCUT2D eigenvalue weighted by atomic mass is 19.2. The van der Waals surface area contributed by atoms with Crippen molar-refractivity contribution >= 4 is 0 Å². The van der Waals surface area contributed by atoms with Gasteiger partial charge in [-0.3, -0.25) is 4.90 Å². The summed E-state index contributed by atoms with van der Waals surface area (Å²) in [5.41, 5.74) is 2.93. The molecule has 1 unspecified atom stereocenters. The molecule has 3 aromatic rings. The standard InChI is InChI=1S/C20H19F2N3O2/c1-27-18-6-5-16(21)19(22)15(18)9-25-8-14(12-3-2-4-13(26)7-12)20-17(10-25)23-11-24-20/h2-7,11,14,26H,8-10H2,1H3,(H,23,24). The number of ether oxygens (including phenoxy) is 1. The molecule has 4 rings (SSSR count). The summed E-state index contributed by atoms with van der Waals surface area (Å²) in [6.45, 7) is 1.28. The molecule has 2 aromatic carbocycles. The summed E-state index contributed by atoms with van der Waals surface area (Å²) >= 11 is 0. The first-order valence-corrected chi connectivity index (χ1v) is 8.61. The Hall–Kier alpha value is -2.93. The minimum atomic E-state index is -0.894. The largest absolute Gasteiger partial charge is 0.508 e. The minimum Gasteiger partial charge on any atom is -0.508 e. The third-order valence-corrected chi connectivity index (χ3v) is 4.93. The molecular formula is C20H19F2N3O2. The summed E-state index contributed by atoms with van der Waals surface area (Å²) in [5.74, 6) is -1.37. The van der Waals surface area contributed by atoms with Crippen LogP contribution >= 0.6 is 0 Å². The molecule has 0 bridgehead atoms. The van der Waals surface area contributed by atoms with Gasteiger partial charge < -0.3 is 14.8 Å². The van der Waals surface area contributed by atoms with E-state index in [0.29, 0.717) is 18.8 Å². The average Bonchev–Trinajstić information content (AvgIpc) is 3.13. The Labute approximate surface area is 155 Å². The predicted octanol–water partition coefficient (Wildman–Crippen LogP) is 3.55. The van der Waals surface area contributed by atoms with Crippen LogP contribution in [0.2, 0.25) is 0 Å². The van der Waals surface area contributed by atoms with Crippen LogP contribution in [0.1, 0.15) is 28.4 Å². The van der Waals surface area contributed by atoms with Crippen LogP contribution in [0, 0.1) is 11.6 Å². The fourth-order valence-electron chi connectivity index (χ4n) is 3.65. The first kappa shape index (κ1) is 17.5. The van der Waals surface area contributed by atoms with E-state index in [-0.39, 0.29) is 23.8 Å². The topological polar surface area (TPSA) is 61.4 Å². The SMILES string of the molecule is COc1ccc(F)c(F)c1CN1Cc2[nH]cnc2C(c2cccc(O)c2)C1. The molecule has 5 nitrogen and oxygen atoms in total. The van der Waals surface area contributed by atoms with Gasteiger partial charge in [0, 0.05) is 31.1 Å². The van der Waals surface area contributed by atoms with Crippen LogP contribution in [0.15, 0.2) is 42.7 Å². The molecule has 0 radical (unpaired) electrons. The lowest BCUT2D eigenvalue weighted by Gasteiger charge is -2.32. The van der Waals surface area contributed by atoms with Crippen LogP contribution in [0.4, 0.5) is 8.78 Å². The van der Waals surface area contributed by atoms with Crippen molar-refractivity contribution in [1.82, 2.24) is 14.9 Å². The van der Waals surface area contributed by atoms with Crippen molar-refractivity contribution in [3.8, 4) is 11.5 Å². The fraction of sp³-hybridized carbons (Fsp3) is 0.250. The number of halogens is 2. The van der Waals surface area contributed by atoms with E-state index in [4.69, 9.17) is 4.74 Å². The Morgan fingerprint density at radius 2 is 2.15 bits per heavy atom. The number of aromatic hydroxyl groups is 1. The first-order valence-electron chi connectivity index (χ1n) is 8.61.